The maximum atomic E-state index is 13.4. The van der Waals surface area contributed by atoms with Gasteiger partial charge < -0.3 is 33.9 Å². The van der Waals surface area contributed by atoms with Crippen molar-refractivity contribution in [3.05, 3.63) is 119 Å². The zero-order chi connectivity index (χ0) is 37.4. The first-order valence-corrected chi connectivity index (χ1v) is 19.3. The minimum atomic E-state index is -4.14. The number of hydrogen-bond donors (Lipinski definition) is 1. The van der Waals surface area contributed by atoms with E-state index >= 15 is 0 Å². The van der Waals surface area contributed by atoms with Crippen molar-refractivity contribution in [1.29, 1.82) is 0 Å². The van der Waals surface area contributed by atoms with Crippen molar-refractivity contribution in [1.82, 2.24) is 4.90 Å². The number of likely N-dealkylation sites (tertiary alicyclic amines) is 1. The van der Waals surface area contributed by atoms with Crippen molar-refractivity contribution in [3.63, 3.8) is 0 Å². The third kappa shape index (κ3) is 9.31. The van der Waals surface area contributed by atoms with Crippen molar-refractivity contribution in [2.24, 2.45) is 5.92 Å². The van der Waals surface area contributed by atoms with Crippen molar-refractivity contribution in [3.8, 4) is 11.5 Å². The Labute approximate surface area is 312 Å². The van der Waals surface area contributed by atoms with E-state index in [0.29, 0.717) is 25.4 Å². The number of hydrogen-bond acceptors (Lipinski definition) is 9. The molecular weight excluding hydrogens is 697 g/mol. The highest BCUT2D eigenvalue weighted by Crippen LogP contribution is 2.42. The zero-order valence-corrected chi connectivity index (χ0v) is 31.2. The molecule has 1 saturated heterocycles. The summed E-state index contributed by atoms with van der Waals surface area (Å²) < 4.78 is 56.2. The molecule has 0 radical (unpaired) electrons. The van der Waals surface area contributed by atoms with Crippen LogP contribution in [0.3, 0.4) is 0 Å². The van der Waals surface area contributed by atoms with Crippen LogP contribution in [0, 0.1) is 12.8 Å². The second kappa shape index (κ2) is 17.5. The Morgan fingerprint density at radius 1 is 0.943 bits per heavy atom. The van der Waals surface area contributed by atoms with E-state index in [-0.39, 0.29) is 24.7 Å². The van der Waals surface area contributed by atoms with Gasteiger partial charge in [0.15, 0.2) is 0 Å². The minimum Gasteiger partial charge on any atom is -0.497 e. The van der Waals surface area contributed by atoms with Crippen molar-refractivity contribution >= 4 is 21.9 Å². The first kappa shape index (κ1) is 38.1. The minimum absolute atomic E-state index is 0.0393. The summed E-state index contributed by atoms with van der Waals surface area (Å²) in [6.45, 7) is 4.67. The van der Waals surface area contributed by atoms with E-state index in [0.717, 1.165) is 53.2 Å². The number of anilines is 1. The number of benzene rings is 4. The van der Waals surface area contributed by atoms with Crippen LogP contribution in [-0.4, -0.2) is 90.3 Å². The smallest absolute Gasteiger partial charge is 0.407 e. The number of amides is 1. The molecule has 0 aliphatic carbocycles. The molecule has 53 heavy (non-hydrogen) atoms. The Morgan fingerprint density at radius 2 is 1.70 bits per heavy atom. The standard InChI is InChI=1S/C41H48N2O9S/c1-29-10-17-35(18-11-29)53(46,47)52-28-33-26-43(41(44)45)37(24-30-8-5-4-6-9-30)40(39(33)32-13-15-34(49-3)16-14-32)51-27-31-12-19-38-36(25-31)42(21-23-50-38)20-7-22-48-2/h4-6,8-19,25,33,37,39-40H,7,20-24,26-28H2,1-3H3,(H,44,45)/t33-,37?,39-,40-/m0/s1. The van der Waals surface area contributed by atoms with Crippen LogP contribution in [0.5, 0.6) is 11.5 Å². The molecule has 0 bridgehead atoms. The highest BCUT2D eigenvalue weighted by molar-refractivity contribution is 7.86. The third-order valence-electron chi connectivity index (χ3n) is 10.1. The molecule has 0 spiro atoms. The predicted octanol–water partition coefficient (Wildman–Crippen LogP) is 6.53. The maximum Gasteiger partial charge on any atom is 0.407 e. The lowest BCUT2D eigenvalue weighted by molar-refractivity contribution is -0.0806. The number of rotatable bonds is 15. The molecule has 2 heterocycles. The van der Waals surface area contributed by atoms with Crippen LogP contribution in [0.1, 0.15) is 34.6 Å². The SMILES string of the molecule is COCCCN1CCOc2ccc(CO[C@H]3C(Cc4ccccc4)N(C(=O)O)C[C@@H](COS(=O)(=O)c4ccc(C)cc4)[C@@H]3c3ccc(OC)cc3)cc21. The quantitative estimate of drug-likeness (QED) is 0.106. The van der Waals surface area contributed by atoms with Crippen LogP contribution in [-0.2, 0) is 36.8 Å². The molecule has 4 aromatic rings. The van der Waals surface area contributed by atoms with Gasteiger partial charge in [-0.05, 0) is 72.9 Å². The van der Waals surface area contributed by atoms with E-state index in [1.807, 2.05) is 73.7 Å². The van der Waals surface area contributed by atoms with E-state index in [2.05, 4.69) is 11.0 Å². The summed E-state index contributed by atoms with van der Waals surface area (Å²) in [5, 5.41) is 10.7. The Bertz CT molecular complexity index is 1910. The van der Waals surface area contributed by atoms with E-state index in [1.54, 1.807) is 26.4 Å². The first-order chi connectivity index (χ1) is 25.7. The highest BCUT2D eigenvalue weighted by atomic mass is 32.2. The largest absolute Gasteiger partial charge is 0.497 e. The molecule has 1 amide bonds. The number of ether oxygens (including phenoxy) is 4. The Morgan fingerprint density at radius 3 is 2.40 bits per heavy atom. The molecule has 1 unspecified atom stereocenters. The summed E-state index contributed by atoms with van der Waals surface area (Å²) in [6, 6.07) is 29.2. The van der Waals surface area contributed by atoms with Crippen molar-refractivity contribution in [2.75, 3.05) is 58.6 Å². The second-order valence-electron chi connectivity index (χ2n) is 13.6. The van der Waals surface area contributed by atoms with Crippen LogP contribution in [0.25, 0.3) is 0 Å². The number of nitrogens with zero attached hydrogens (tertiary/aromatic N) is 2. The number of carboxylic acid groups (broad SMARTS) is 1. The molecule has 2 aliphatic rings. The Balaban J connectivity index is 1.37. The summed E-state index contributed by atoms with van der Waals surface area (Å²) in [4.78, 5) is 16.8. The Hall–Kier alpha value is -4.62. The van der Waals surface area contributed by atoms with E-state index < -0.39 is 40.2 Å². The summed E-state index contributed by atoms with van der Waals surface area (Å²) in [5.41, 5.74) is 4.62. The molecular formula is C41H48N2O9S. The van der Waals surface area contributed by atoms with Gasteiger partial charge in [-0.3, -0.25) is 4.18 Å². The van der Waals surface area contributed by atoms with Crippen LogP contribution >= 0.6 is 0 Å². The molecule has 2 aliphatic heterocycles. The first-order valence-electron chi connectivity index (χ1n) is 17.9. The lowest BCUT2D eigenvalue weighted by Crippen LogP contribution is -2.59. The summed E-state index contributed by atoms with van der Waals surface area (Å²) in [7, 11) is -0.847. The average molecular weight is 745 g/mol. The Kier molecular flexibility index (Phi) is 12.6. The molecule has 0 aromatic heterocycles. The summed E-state index contributed by atoms with van der Waals surface area (Å²) in [6.07, 6.45) is -0.534. The van der Waals surface area contributed by atoms with Gasteiger partial charge >= 0.3 is 6.09 Å². The van der Waals surface area contributed by atoms with Gasteiger partial charge in [0, 0.05) is 38.6 Å². The molecule has 1 N–H and O–H groups in total. The van der Waals surface area contributed by atoms with Gasteiger partial charge in [-0.2, -0.15) is 8.42 Å². The van der Waals surface area contributed by atoms with Crippen LogP contribution in [0.2, 0.25) is 0 Å². The fraction of sp³-hybridized carbons (Fsp3) is 0.390. The van der Waals surface area contributed by atoms with Gasteiger partial charge in [0.2, 0.25) is 0 Å². The van der Waals surface area contributed by atoms with Crippen molar-refractivity contribution < 1.29 is 41.4 Å². The molecule has 12 heteroatoms. The molecule has 1 fully saturated rings. The normalized spacial score (nSPS) is 20.1. The molecule has 4 atom stereocenters. The van der Waals surface area contributed by atoms with Gasteiger partial charge in [-0.1, -0.05) is 66.2 Å². The average Bonchev–Trinajstić information content (AvgIpc) is 3.17. The van der Waals surface area contributed by atoms with Gasteiger partial charge in [0.25, 0.3) is 10.1 Å². The number of methoxy groups -OCH3 is 2. The molecule has 6 rings (SSSR count). The van der Waals surface area contributed by atoms with Crippen LogP contribution in [0.15, 0.2) is 102 Å². The predicted molar refractivity (Wildman–Crippen MR) is 201 cm³/mol. The monoisotopic (exact) mass is 744 g/mol. The number of piperidine rings is 1. The number of aryl methyl sites for hydroxylation is 1. The van der Waals surface area contributed by atoms with Crippen molar-refractivity contribution in [2.45, 2.75) is 49.3 Å². The fourth-order valence-electron chi connectivity index (χ4n) is 7.33. The topological polar surface area (TPSA) is 124 Å². The highest BCUT2D eigenvalue weighted by Gasteiger charge is 2.47. The molecule has 11 nitrogen and oxygen atoms in total. The van der Waals surface area contributed by atoms with Gasteiger partial charge in [0.05, 0.1) is 49.6 Å². The van der Waals surface area contributed by atoms with Crippen LogP contribution in [0.4, 0.5) is 10.5 Å². The lowest BCUT2D eigenvalue weighted by atomic mass is 9.74. The summed E-state index contributed by atoms with van der Waals surface area (Å²) in [5.74, 6) is 0.447. The molecule has 4 aromatic carbocycles. The van der Waals surface area contributed by atoms with E-state index in [4.69, 9.17) is 23.1 Å². The molecule has 282 valence electrons. The number of carbonyl (C=O) groups is 1. The lowest BCUT2D eigenvalue weighted by Gasteiger charge is -2.48. The fourth-order valence-corrected chi connectivity index (χ4v) is 8.29. The second-order valence-corrected chi connectivity index (χ2v) is 15.2. The summed E-state index contributed by atoms with van der Waals surface area (Å²) >= 11 is 0. The van der Waals surface area contributed by atoms with Gasteiger partial charge in [-0.15, -0.1) is 0 Å². The van der Waals surface area contributed by atoms with Gasteiger partial charge in [-0.25, -0.2) is 4.79 Å². The van der Waals surface area contributed by atoms with E-state index in [9.17, 15) is 18.3 Å². The molecule has 0 saturated carbocycles. The van der Waals surface area contributed by atoms with E-state index in [1.165, 1.54) is 17.0 Å². The maximum absolute atomic E-state index is 13.4. The zero-order valence-electron chi connectivity index (χ0n) is 30.4. The third-order valence-corrected chi connectivity index (χ3v) is 11.4. The van der Waals surface area contributed by atoms with Gasteiger partial charge in [0.1, 0.15) is 18.1 Å². The van der Waals surface area contributed by atoms with Crippen LogP contribution < -0.4 is 14.4 Å². The number of fused-ring (bicyclic) bond motifs is 1.